The fourth-order valence-electron chi connectivity index (χ4n) is 6.41. The molecule has 4 aromatic rings. The zero-order valence-electron chi connectivity index (χ0n) is 35.2. The van der Waals surface area contributed by atoms with E-state index in [9.17, 15) is 19.2 Å². The van der Waals surface area contributed by atoms with E-state index in [1.54, 1.807) is 24.3 Å². The Labute approximate surface area is 363 Å². The lowest BCUT2D eigenvalue weighted by molar-refractivity contribution is -0.288. The van der Waals surface area contributed by atoms with Crippen LogP contribution in [0.3, 0.4) is 0 Å². The van der Waals surface area contributed by atoms with Crippen LogP contribution in [0.1, 0.15) is 84.9 Å². The molecule has 62 heavy (non-hydrogen) atoms. The van der Waals surface area contributed by atoms with E-state index in [1.165, 1.54) is 12.2 Å². The van der Waals surface area contributed by atoms with Gasteiger partial charge in [-0.2, -0.15) is 0 Å². The lowest BCUT2D eigenvalue weighted by Crippen LogP contribution is -2.44. The SMILES string of the molecule is C=CC(=O)OCCCCCCCOc1ccc(-c2ccc(C(=O)O[C@@H]3OCCO[C@H]3OC(=O)c3ccc(-c4ccc(OCCCCCCCOC(=O)C=C)cc4)cc3)cc2)cc1. The van der Waals surface area contributed by atoms with Crippen molar-refractivity contribution in [3.05, 3.63) is 133 Å². The average Bonchev–Trinajstić information content (AvgIpc) is 3.31. The molecule has 328 valence electrons. The quantitative estimate of drug-likeness (QED) is 0.0257. The van der Waals surface area contributed by atoms with Crippen molar-refractivity contribution in [3.8, 4) is 33.8 Å². The summed E-state index contributed by atoms with van der Waals surface area (Å²) < 4.78 is 44.3. The highest BCUT2D eigenvalue weighted by molar-refractivity contribution is 5.91. The number of hydrogen-bond donors (Lipinski definition) is 0. The molecule has 5 rings (SSSR count). The Morgan fingerprint density at radius 3 is 1.10 bits per heavy atom. The number of esters is 4. The van der Waals surface area contributed by atoms with E-state index in [0.717, 1.165) is 98.0 Å². The molecule has 12 nitrogen and oxygen atoms in total. The molecule has 1 saturated heterocycles. The molecule has 1 aliphatic heterocycles. The van der Waals surface area contributed by atoms with Crippen molar-refractivity contribution >= 4 is 23.9 Å². The molecule has 4 aromatic carbocycles. The Hall–Kier alpha value is -6.24. The minimum Gasteiger partial charge on any atom is -0.494 e. The van der Waals surface area contributed by atoms with Crippen molar-refractivity contribution in [2.45, 2.75) is 76.8 Å². The lowest BCUT2D eigenvalue weighted by atomic mass is 10.0. The summed E-state index contributed by atoms with van der Waals surface area (Å²) in [6.07, 6.45) is 9.52. The topological polar surface area (TPSA) is 142 Å². The van der Waals surface area contributed by atoms with E-state index in [0.29, 0.717) is 37.6 Å². The van der Waals surface area contributed by atoms with Gasteiger partial charge in [-0.15, -0.1) is 0 Å². The summed E-state index contributed by atoms with van der Waals surface area (Å²) in [6, 6.07) is 29.5. The molecule has 0 aromatic heterocycles. The van der Waals surface area contributed by atoms with Crippen LogP contribution in [0.4, 0.5) is 0 Å². The summed E-state index contributed by atoms with van der Waals surface area (Å²) in [4.78, 5) is 48.4. The predicted octanol–water partition coefficient (Wildman–Crippen LogP) is 9.85. The normalized spacial score (nSPS) is 14.5. The average molecular weight is 849 g/mol. The largest absolute Gasteiger partial charge is 0.494 e. The maximum absolute atomic E-state index is 13.1. The van der Waals surface area contributed by atoms with Crippen LogP contribution in [-0.2, 0) is 38.0 Å². The molecular weight excluding hydrogens is 793 g/mol. The van der Waals surface area contributed by atoms with Gasteiger partial charge in [0.2, 0.25) is 0 Å². The van der Waals surface area contributed by atoms with E-state index < -0.39 is 24.5 Å². The van der Waals surface area contributed by atoms with Crippen molar-refractivity contribution in [2.24, 2.45) is 0 Å². The number of carbonyl (C=O) groups is 4. The van der Waals surface area contributed by atoms with E-state index in [-0.39, 0.29) is 25.2 Å². The van der Waals surface area contributed by atoms with Gasteiger partial charge in [0, 0.05) is 12.2 Å². The summed E-state index contributed by atoms with van der Waals surface area (Å²) in [6.45, 7) is 9.17. The van der Waals surface area contributed by atoms with Crippen LogP contribution >= 0.6 is 0 Å². The van der Waals surface area contributed by atoms with E-state index >= 15 is 0 Å². The van der Waals surface area contributed by atoms with Gasteiger partial charge in [-0.1, -0.05) is 100 Å². The summed E-state index contributed by atoms with van der Waals surface area (Å²) in [5.74, 6) is -0.508. The second-order valence-corrected chi connectivity index (χ2v) is 14.5. The minimum atomic E-state index is -1.25. The number of benzene rings is 4. The highest BCUT2D eigenvalue weighted by Gasteiger charge is 2.34. The molecule has 0 aliphatic carbocycles. The molecule has 0 unspecified atom stereocenters. The first-order chi connectivity index (χ1) is 30.3. The number of hydrogen-bond acceptors (Lipinski definition) is 12. The van der Waals surface area contributed by atoms with Crippen LogP contribution < -0.4 is 9.47 Å². The second kappa shape index (κ2) is 26.2. The van der Waals surface area contributed by atoms with Crippen LogP contribution in [0, 0.1) is 0 Å². The van der Waals surface area contributed by atoms with Crippen molar-refractivity contribution in [3.63, 3.8) is 0 Å². The van der Waals surface area contributed by atoms with E-state index in [1.807, 2.05) is 72.8 Å². The molecule has 2 atom stereocenters. The van der Waals surface area contributed by atoms with Gasteiger partial charge in [0.05, 0.1) is 50.8 Å². The summed E-state index contributed by atoms with van der Waals surface area (Å²) in [5, 5.41) is 0. The van der Waals surface area contributed by atoms with Gasteiger partial charge >= 0.3 is 23.9 Å². The summed E-state index contributed by atoms with van der Waals surface area (Å²) in [5.41, 5.74) is 4.33. The Morgan fingerprint density at radius 1 is 0.452 bits per heavy atom. The first-order valence-corrected chi connectivity index (χ1v) is 21.2. The Bertz CT molecular complexity index is 1860. The predicted molar refractivity (Wildman–Crippen MR) is 234 cm³/mol. The highest BCUT2D eigenvalue weighted by Crippen LogP contribution is 2.26. The Morgan fingerprint density at radius 2 is 0.758 bits per heavy atom. The van der Waals surface area contributed by atoms with E-state index in [2.05, 4.69) is 13.2 Å². The van der Waals surface area contributed by atoms with Crippen LogP contribution in [0.15, 0.2) is 122 Å². The maximum atomic E-state index is 13.1. The number of rotatable bonds is 26. The summed E-state index contributed by atoms with van der Waals surface area (Å²) >= 11 is 0. The third-order valence-corrected chi connectivity index (χ3v) is 9.87. The molecule has 1 heterocycles. The second-order valence-electron chi connectivity index (χ2n) is 14.5. The molecular formula is C50H56O12. The van der Waals surface area contributed by atoms with Gasteiger partial charge in [-0.3, -0.25) is 0 Å². The highest BCUT2D eigenvalue weighted by atomic mass is 16.8. The molecule has 0 amide bonds. The molecule has 1 fully saturated rings. The van der Waals surface area contributed by atoms with Crippen molar-refractivity contribution in [2.75, 3.05) is 39.6 Å². The maximum Gasteiger partial charge on any atom is 0.340 e. The van der Waals surface area contributed by atoms with Gasteiger partial charge in [0.15, 0.2) is 0 Å². The fraction of sp³-hybridized carbons (Fsp3) is 0.360. The smallest absolute Gasteiger partial charge is 0.340 e. The minimum absolute atomic E-state index is 0.164. The van der Waals surface area contributed by atoms with Crippen LogP contribution in [0.25, 0.3) is 22.3 Å². The molecule has 0 radical (unpaired) electrons. The van der Waals surface area contributed by atoms with Crippen LogP contribution in [0.2, 0.25) is 0 Å². The number of ether oxygens (including phenoxy) is 8. The number of unbranched alkanes of at least 4 members (excludes halogenated alkanes) is 8. The molecule has 0 spiro atoms. The third-order valence-electron chi connectivity index (χ3n) is 9.87. The Kier molecular flexibility index (Phi) is 19.8. The van der Waals surface area contributed by atoms with Gasteiger partial charge in [-0.25, -0.2) is 19.2 Å². The monoisotopic (exact) mass is 848 g/mol. The van der Waals surface area contributed by atoms with Gasteiger partial charge < -0.3 is 37.9 Å². The third kappa shape index (κ3) is 16.0. The van der Waals surface area contributed by atoms with Crippen LogP contribution in [-0.4, -0.2) is 76.1 Å². The zero-order valence-corrected chi connectivity index (χ0v) is 35.2. The van der Waals surface area contributed by atoms with E-state index in [4.69, 9.17) is 37.9 Å². The zero-order chi connectivity index (χ0) is 43.8. The molecule has 1 aliphatic rings. The molecule has 0 bridgehead atoms. The van der Waals surface area contributed by atoms with Crippen LogP contribution in [0.5, 0.6) is 11.5 Å². The molecule has 12 heteroatoms. The molecule has 0 saturated carbocycles. The van der Waals surface area contributed by atoms with Gasteiger partial charge in [0.1, 0.15) is 11.5 Å². The fourth-order valence-corrected chi connectivity index (χ4v) is 6.41. The van der Waals surface area contributed by atoms with Gasteiger partial charge in [-0.05, 0) is 96.5 Å². The van der Waals surface area contributed by atoms with Crippen molar-refractivity contribution in [1.82, 2.24) is 0 Å². The lowest BCUT2D eigenvalue weighted by Gasteiger charge is -2.30. The van der Waals surface area contributed by atoms with Crippen molar-refractivity contribution < 1.29 is 57.1 Å². The first kappa shape index (κ1) is 46.8. The number of carbonyl (C=O) groups excluding carboxylic acids is 4. The standard InChI is InChI=1S/C50H56O12/c1-3-45(51)57-33-13-9-5-7-11-31-55-43-27-23-39(24-28-43)37-15-19-41(20-16-37)47(53)61-49-50(60-36-35-59-49)62-48(54)42-21-17-38(18-22-42)40-25-29-44(30-26-40)56-32-12-8-6-10-14-34-58-46(52)4-2/h3-4,15-30,49-50H,1-2,5-14,31-36H2/t49-,50-/m0/s1. The van der Waals surface area contributed by atoms with Crippen molar-refractivity contribution in [1.29, 1.82) is 0 Å². The first-order valence-electron chi connectivity index (χ1n) is 21.2. The van der Waals surface area contributed by atoms with Gasteiger partial charge in [0.25, 0.3) is 12.6 Å². The summed E-state index contributed by atoms with van der Waals surface area (Å²) in [7, 11) is 0. The Balaban J connectivity index is 1.00. The molecule has 0 N–H and O–H groups in total.